The first-order valence-corrected chi connectivity index (χ1v) is 12.1. The highest BCUT2D eigenvalue weighted by Gasteiger charge is 2.42. The third-order valence-corrected chi connectivity index (χ3v) is 7.22. The van der Waals surface area contributed by atoms with Gasteiger partial charge in [0.05, 0.1) is 25.5 Å². The molecule has 1 aromatic heterocycles. The maximum absolute atomic E-state index is 12.8. The summed E-state index contributed by atoms with van der Waals surface area (Å²) in [5, 5.41) is 6.80. The number of nitrogens with one attached hydrogen (secondary N) is 1. The van der Waals surface area contributed by atoms with Gasteiger partial charge in [0.25, 0.3) is 5.91 Å². The van der Waals surface area contributed by atoms with Crippen LogP contribution in [0.25, 0.3) is 0 Å². The van der Waals surface area contributed by atoms with Crippen LogP contribution in [0.2, 0.25) is 0 Å². The number of aryl methyl sites for hydroxylation is 1. The van der Waals surface area contributed by atoms with E-state index in [1.165, 1.54) is 6.20 Å². The standard InChI is InChI=1S/C25H32N4O5/c1-17-22(11-26-34-17)24(30)29-14-19-12-28(13-20(19)15-29)9-7-23(18-5-3-2-4-6-18)27-25(31)33-21-8-10-32-16-21/h2-6,11,19-21,23H,7-10,12-16H2,1H3,(H,27,31)/t19-,20?,21?,23?/m0/s1. The van der Waals surface area contributed by atoms with E-state index in [-0.39, 0.29) is 24.1 Å². The van der Waals surface area contributed by atoms with Gasteiger partial charge in [-0.1, -0.05) is 35.5 Å². The number of ether oxygens (including phenoxy) is 2. The van der Waals surface area contributed by atoms with Gasteiger partial charge in [-0.05, 0) is 30.7 Å². The van der Waals surface area contributed by atoms with Gasteiger partial charge in [0.15, 0.2) is 0 Å². The minimum Gasteiger partial charge on any atom is -0.444 e. The zero-order chi connectivity index (χ0) is 23.5. The molecule has 0 radical (unpaired) electrons. The summed E-state index contributed by atoms with van der Waals surface area (Å²) in [7, 11) is 0. The summed E-state index contributed by atoms with van der Waals surface area (Å²) in [6.45, 7) is 7.20. The van der Waals surface area contributed by atoms with Crippen molar-refractivity contribution in [1.29, 1.82) is 0 Å². The molecular formula is C25H32N4O5. The second-order valence-electron chi connectivity index (χ2n) is 9.57. The molecule has 1 aromatic carbocycles. The maximum Gasteiger partial charge on any atom is 0.407 e. The fourth-order valence-electron chi connectivity index (χ4n) is 5.37. The SMILES string of the molecule is Cc1oncc1C(=O)N1CC2CN(CCC(NC(=O)OC3CCOC3)c3ccccc3)C[C@H]2C1. The first-order valence-electron chi connectivity index (χ1n) is 12.1. The van der Waals surface area contributed by atoms with Gasteiger partial charge in [-0.3, -0.25) is 4.79 Å². The Morgan fingerprint density at radius 3 is 2.59 bits per heavy atom. The fourth-order valence-corrected chi connectivity index (χ4v) is 5.37. The average molecular weight is 469 g/mol. The second kappa shape index (κ2) is 10.1. The lowest BCUT2D eigenvalue weighted by Gasteiger charge is -2.25. The van der Waals surface area contributed by atoms with Crippen molar-refractivity contribution in [3.8, 4) is 0 Å². The summed E-state index contributed by atoms with van der Waals surface area (Å²) < 4.78 is 15.9. The number of carbonyl (C=O) groups is 2. The van der Waals surface area contributed by atoms with Crippen LogP contribution in [0.5, 0.6) is 0 Å². The van der Waals surface area contributed by atoms with Crippen molar-refractivity contribution >= 4 is 12.0 Å². The van der Waals surface area contributed by atoms with E-state index in [0.717, 1.165) is 51.1 Å². The number of nitrogens with zero attached hydrogens (tertiary/aromatic N) is 3. The molecule has 0 saturated carbocycles. The molecule has 5 rings (SSSR count). The minimum absolute atomic E-state index is 0.0132. The summed E-state index contributed by atoms with van der Waals surface area (Å²) in [6.07, 6.45) is 2.50. The van der Waals surface area contributed by atoms with Crippen LogP contribution in [-0.4, -0.2) is 79.0 Å². The van der Waals surface area contributed by atoms with Gasteiger partial charge in [0.2, 0.25) is 0 Å². The molecule has 0 bridgehead atoms. The number of fused-ring (bicyclic) bond motifs is 1. The normalized spacial score (nSPS) is 25.3. The van der Waals surface area contributed by atoms with Crippen LogP contribution in [0.3, 0.4) is 0 Å². The Morgan fingerprint density at radius 1 is 1.18 bits per heavy atom. The van der Waals surface area contributed by atoms with E-state index in [4.69, 9.17) is 14.0 Å². The molecule has 4 atom stereocenters. The lowest BCUT2D eigenvalue weighted by Crippen LogP contribution is -2.36. The molecular weight excluding hydrogens is 436 g/mol. The van der Waals surface area contributed by atoms with E-state index in [2.05, 4.69) is 15.4 Å². The van der Waals surface area contributed by atoms with Crippen molar-refractivity contribution in [1.82, 2.24) is 20.3 Å². The van der Waals surface area contributed by atoms with E-state index in [1.807, 2.05) is 35.2 Å². The highest BCUT2D eigenvalue weighted by atomic mass is 16.6. The van der Waals surface area contributed by atoms with Crippen molar-refractivity contribution in [3.63, 3.8) is 0 Å². The summed E-state index contributed by atoms with van der Waals surface area (Å²) in [5.74, 6) is 1.53. The number of benzene rings is 1. The summed E-state index contributed by atoms with van der Waals surface area (Å²) in [5.41, 5.74) is 1.63. The third kappa shape index (κ3) is 5.10. The largest absolute Gasteiger partial charge is 0.444 e. The third-order valence-electron chi connectivity index (χ3n) is 7.22. The van der Waals surface area contributed by atoms with Crippen LogP contribution in [-0.2, 0) is 9.47 Å². The molecule has 4 heterocycles. The lowest BCUT2D eigenvalue weighted by molar-refractivity contribution is 0.0772. The molecule has 0 aliphatic carbocycles. The van der Waals surface area contributed by atoms with E-state index < -0.39 is 0 Å². The van der Waals surface area contributed by atoms with Crippen LogP contribution in [0.15, 0.2) is 41.1 Å². The molecule has 3 saturated heterocycles. The molecule has 2 amide bonds. The Bertz CT molecular complexity index is 976. The van der Waals surface area contributed by atoms with Crippen molar-refractivity contribution in [2.45, 2.75) is 31.9 Å². The van der Waals surface area contributed by atoms with Gasteiger partial charge in [0.1, 0.15) is 17.4 Å². The van der Waals surface area contributed by atoms with Crippen LogP contribution in [0.1, 0.15) is 40.6 Å². The highest BCUT2D eigenvalue weighted by Crippen LogP contribution is 2.33. The van der Waals surface area contributed by atoms with E-state index >= 15 is 0 Å². The van der Waals surface area contributed by atoms with Gasteiger partial charge >= 0.3 is 6.09 Å². The van der Waals surface area contributed by atoms with Gasteiger partial charge in [0, 0.05) is 39.1 Å². The molecule has 0 spiro atoms. The number of carbonyl (C=O) groups excluding carboxylic acids is 2. The maximum atomic E-state index is 12.8. The van der Waals surface area contributed by atoms with Crippen molar-refractivity contribution in [3.05, 3.63) is 53.4 Å². The number of aromatic nitrogens is 1. The molecule has 3 fully saturated rings. The van der Waals surface area contributed by atoms with E-state index in [0.29, 0.717) is 36.4 Å². The molecule has 9 heteroatoms. The molecule has 34 heavy (non-hydrogen) atoms. The first kappa shape index (κ1) is 22.9. The predicted octanol–water partition coefficient (Wildman–Crippen LogP) is 2.63. The number of alkyl carbamates (subject to hydrolysis) is 1. The topological polar surface area (TPSA) is 97.1 Å². The Balaban J connectivity index is 1.14. The van der Waals surface area contributed by atoms with Crippen molar-refractivity contribution in [2.24, 2.45) is 11.8 Å². The highest BCUT2D eigenvalue weighted by molar-refractivity contribution is 5.95. The summed E-state index contributed by atoms with van der Waals surface area (Å²) in [4.78, 5) is 29.7. The van der Waals surface area contributed by atoms with Crippen molar-refractivity contribution in [2.75, 3.05) is 45.9 Å². The van der Waals surface area contributed by atoms with Gasteiger partial charge < -0.3 is 29.1 Å². The lowest BCUT2D eigenvalue weighted by atomic mass is 10.0. The average Bonchev–Trinajstić information content (AvgIpc) is 3.62. The molecule has 9 nitrogen and oxygen atoms in total. The molecule has 2 aromatic rings. The fraction of sp³-hybridized carbons (Fsp3) is 0.560. The van der Waals surface area contributed by atoms with E-state index in [1.54, 1.807) is 6.92 Å². The Hall–Kier alpha value is -2.91. The van der Waals surface area contributed by atoms with Crippen molar-refractivity contribution < 1.29 is 23.6 Å². The van der Waals surface area contributed by atoms with Crippen LogP contribution >= 0.6 is 0 Å². The quantitative estimate of drug-likeness (QED) is 0.667. The smallest absolute Gasteiger partial charge is 0.407 e. The Kier molecular flexibility index (Phi) is 6.82. The molecule has 3 aliphatic rings. The van der Waals surface area contributed by atoms with E-state index in [9.17, 15) is 9.59 Å². The molecule has 1 N–H and O–H groups in total. The van der Waals surface area contributed by atoms with Crippen LogP contribution < -0.4 is 5.32 Å². The number of hydrogen-bond donors (Lipinski definition) is 1. The number of likely N-dealkylation sites (tertiary alicyclic amines) is 2. The first-order chi connectivity index (χ1) is 16.6. The summed E-state index contributed by atoms with van der Waals surface area (Å²) >= 11 is 0. The number of rotatable bonds is 7. The monoisotopic (exact) mass is 468 g/mol. The number of amides is 2. The van der Waals surface area contributed by atoms with Crippen LogP contribution in [0.4, 0.5) is 4.79 Å². The molecule has 3 unspecified atom stereocenters. The van der Waals surface area contributed by atoms with Gasteiger partial charge in [-0.2, -0.15) is 0 Å². The second-order valence-corrected chi connectivity index (χ2v) is 9.57. The van der Waals surface area contributed by atoms with Crippen LogP contribution in [0, 0.1) is 18.8 Å². The minimum atomic E-state index is -0.388. The van der Waals surface area contributed by atoms with Gasteiger partial charge in [-0.15, -0.1) is 0 Å². The molecule has 3 aliphatic heterocycles. The zero-order valence-corrected chi connectivity index (χ0v) is 19.5. The number of hydrogen-bond acceptors (Lipinski definition) is 7. The Labute approximate surface area is 199 Å². The molecule has 182 valence electrons. The predicted molar refractivity (Wildman–Crippen MR) is 123 cm³/mol. The zero-order valence-electron chi connectivity index (χ0n) is 19.5. The Morgan fingerprint density at radius 2 is 1.94 bits per heavy atom. The summed E-state index contributed by atoms with van der Waals surface area (Å²) in [6, 6.07) is 9.92. The van der Waals surface area contributed by atoms with Gasteiger partial charge in [-0.25, -0.2) is 4.79 Å².